The second-order valence-corrected chi connectivity index (χ2v) is 11.5. The molecule has 0 spiro atoms. The molecule has 2 N–H and O–H groups in total. The maximum absolute atomic E-state index is 13.4. The van der Waals surface area contributed by atoms with Crippen LogP contribution in [0.25, 0.3) is 15.9 Å². The van der Waals surface area contributed by atoms with Crippen LogP contribution in [-0.2, 0) is 11.3 Å². The van der Waals surface area contributed by atoms with Gasteiger partial charge in [-0.15, -0.1) is 10.2 Å². The third-order valence-corrected chi connectivity index (χ3v) is 8.36. The van der Waals surface area contributed by atoms with Crippen molar-refractivity contribution < 1.29 is 28.5 Å². The minimum atomic E-state index is -0.371. The molecule has 2 amide bonds. The largest absolute Gasteiger partial charge is 0.495 e. The first-order valence-electron chi connectivity index (χ1n) is 14.7. The molecule has 0 aliphatic heterocycles. The summed E-state index contributed by atoms with van der Waals surface area (Å²) in [6.07, 6.45) is 0. The second kappa shape index (κ2) is 15.5. The molecule has 0 saturated carbocycles. The molecule has 5 aromatic rings. The number of carbonyl (C=O) groups excluding carboxylic acids is 2. The van der Waals surface area contributed by atoms with Crippen LogP contribution in [-0.4, -0.2) is 64.2 Å². The first kappa shape index (κ1) is 32.6. The number of anilines is 1. The predicted molar refractivity (Wildman–Crippen MR) is 178 cm³/mol. The number of aromatic nitrogens is 4. The summed E-state index contributed by atoms with van der Waals surface area (Å²) in [6.45, 7) is 6.79. The van der Waals surface area contributed by atoms with Crippen LogP contribution in [0.15, 0.2) is 65.8 Å². The molecule has 0 unspecified atom stereocenters. The number of nitrogens with one attached hydrogen (secondary N) is 2. The smallest absolute Gasteiger partial charge is 0.251 e. The van der Waals surface area contributed by atoms with Gasteiger partial charge in [-0.25, -0.2) is 4.98 Å². The van der Waals surface area contributed by atoms with E-state index in [9.17, 15) is 9.59 Å². The van der Waals surface area contributed by atoms with E-state index in [2.05, 4.69) is 25.8 Å². The summed E-state index contributed by atoms with van der Waals surface area (Å²) in [5.74, 6) is 1.75. The van der Waals surface area contributed by atoms with Crippen molar-refractivity contribution in [1.82, 2.24) is 25.1 Å². The molecule has 0 aliphatic rings. The van der Waals surface area contributed by atoms with E-state index in [0.717, 1.165) is 10.2 Å². The number of benzene rings is 3. The zero-order valence-corrected chi connectivity index (χ0v) is 27.5. The number of para-hydroxylation sites is 3. The quantitative estimate of drug-likeness (QED) is 0.133. The fraction of sp³-hybridized carbons (Fsp3) is 0.281. The molecule has 14 heteroatoms. The van der Waals surface area contributed by atoms with Crippen molar-refractivity contribution in [3.63, 3.8) is 0 Å². The second-order valence-electron chi connectivity index (χ2n) is 9.51. The summed E-state index contributed by atoms with van der Waals surface area (Å²) in [6, 6.07) is 18.3. The lowest BCUT2D eigenvalue weighted by molar-refractivity contribution is -0.113. The molecule has 2 heterocycles. The minimum absolute atomic E-state index is 0.0312. The molecule has 0 radical (unpaired) electrons. The van der Waals surface area contributed by atoms with Gasteiger partial charge in [0.1, 0.15) is 5.75 Å². The van der Waals surface area contributed by atoms with Crippen molar-refractivity contribution in [3.8, 4) is 28.7 Å². The van der Waals surface area contributed by atoms with Gasteiger partial charge in [0.25, 0.3) is 5.91 Å². The molecular weight excluding hydrogens is 629 g/mol. The average molecular weight is 663 g/mol. The number of hydrogen-bond donors (Lipinski definition) is 2. The number of rotatable bonds is 15. The SMILES string of the molecule is CCOc1cc(C(=O)NCc2nnc(SCC(=O)Nc3nc4ccccc4s3)n2-c2ccccc2OC)cc(OCC)c1OCC. The fourth-order valence-corrected chi connectivity index (χ4v) is 6.20. The minimum Gasteiger partial charge on any atom is -0.495 e. The highest BCUT2D eigenvalue weighted by atomic mass is 32.2. The van der Waals surface area contributed by atoms with Gasteiger partial charge in [-0.05, 0) is 57.2 Å². The van der Waals surface area contributed by atoms with Gasteiger partial charge in [0.2, 0.25) is 11.7 Å². The van der Waals surface area contributed by atoms with Crippen molar-refractivity contribution in [3.05, 3.63) is 72.1 Å². The van der Waals surface area contributed by atoms with Gasteiger partial charge in [0.15, 0.2) is 27.6 Å². The van der Waals surface area contributed by atoms with Crippen LogP contribution < -0.4 is 29.6 Å². The molecule has 0 atom stereocenters. The third-order valence-electron chi connectivity index (χ3n) is 6.48. The summed E-state index contributed by atoms with van der Waals surface area (Å²) in [5.41, 5.74) is 1.82. The van der Waals surface area contributed by atoms with Gasteiger partial charge in [-0.3, -0.25) is 14.2 Å². The highest BCUT2D eigenvalue weighted by Gasteiger charge is 2.22. The van der Waals surface area contributed by atoms with Crippen LogP contribution >= 0.6 is 23.1 Å². The van der Waals surface area contributed by atoms with Gasteiger partial charge in [-0.2, -0.15) is 0 Å². The standard InChI is InChI=1S/C32H34N6O6S2/c1-5-42-24-16-20(17-25(43-6-2)29(24)44-7-3)30(40)33-18-27-36-37-32(38(27)22-13-9-10-14-23(22)41-4)45-19-28(39)35-31-34-21-12-8-11-15-26(21)46-31/h8-17H,5-7,18-19H2,1-4H3,(H,33,40)(H,34,35,39). The van der Waals surface area contributed by atoms with Crippen molar-refractivity contribution in [2.24, 2.45) is 0 Å². The Morgan fingerprint density at radius 1 is 0.891 bits per heavy atom. The lowest BCUT2D eigenvalue weighted by Crippen LogP contribution is -2.25. The van der Waals surface area contributed by atoms with E-state index in [-0.39, 0.29) is 24.1 Å². The van der Waals surface area contributed by atoms with E-state index in [1.807, 2.05) is 69.3 Å². The van der Waals surface area contributed by atoms with Gasteiger partial charge < -0.3 is 29.6 Å². The van der Waals surface area contributed by atoms with Gasteiger partial charge in [0.05, 0.1) is 55.1 Å². The number of amides is 2. The van der Waals surface area contributed by atoms with E-state index in [4.69, 9.17) is 18.9 Å². The Hall–Kier alpha value is -4.82. The average Bonchev–Trinajstić information content (AvgIpc) is 3.67. The van der Waals surface area contributed by atoms with Crippen molar-refractivity contribution >= 4 is 50.3 Å². The molecule has 0 saturated heterocycles. The molecule has 0 bridgehead atoms. The fourth-order valence-electron chi connectivity index (χ4n) is 4.56. The van der Waals surface area contributed by atoms with E-state index in [0.29, 0.717) is 70.2 Å². The molecule has 0 aliphatic carbocycles. The highest BCUT2D eigenvalue weighted by Crippen LogP contribution is 2.39. The molecule has 5 rings (SSSR count). The van der Waals surface area contributed by atoms with E-state index < -0.39 is 0 Å². The first-order valence-corrected chi connectivity index (χ1v) is 16.5. The number of carbonyl (C=O) groups is 2. The van der Waals surface area contributed by atoms with E-state index >= 15 is 0 Å². The van der Waals surface area contributed by atoms with Gasteiger partial charge in [-0.1, -0.05) is 47.4 Å². The third kappa shape index (κ3) is 7.51. The van der Waals surface area contributed by atoms with Crippen LogP contribution in [0.1, 0.15) is 37.0 Å². The van der Waals surface area contributed by atoms with Crippen LogP contribution in [0.5, 0.6) is 23.0 Å². The molecule has 2 aromatic heterocycles. The molecular formula is C32H34N6O6S2. The molecule has 0 fully saturated rings. The van der Waals surface area contributed by atoms with Crippen LogP contribution in [0.4, 0.5) is 5.13 Å². The topological polar surface area (TPSA) is 139 Å². The predicted octanol–water partition coefficient (Wildman–Crippen LogP) is 5.74. The Labute approximate surface area is 274 Å². The lowest BCUT2D eigenvalue weighted by Gasteiger charge is -2.17. The highest BCUT2D eigenvalue weighted by molar-refractivity contribution is 7.99. The zero-order valence-electron chi connectivity index (χ0n) is 25.9. The summed E-state index contributed by atoms with van der Waals surface area (Å²) in [4.78, 5) is 30.8. The Morgan fingerprint density at radius 2 is 1.59 bits per heavy atom. The maximum Gasteiger partial charge on any atom is 0.251 e. The molecule has 3 aromatic carbocycles. The summed E-state index contributed by atoms with van der Waals surface area (Å²) in [7, 11) is 1.57. The van der Waals surface area contributed by atoms with Gasteiger partial charge in [0, 0.05) is 5.56 Å². The Kier molecular flexibility index (Phi) is 10.9. The van der Waals surface area contributed by atoms with Crippen molar-refractivity contribution in [2.75, 3.05) is 38.0 Å². The number of methoxy groups -OCH3 is 1. The molecule has 46 heavy (non-hydrogen) atoms. The number of nitrogens with zero attached hydrogens (tertiary/aromatic N) is 4. The van der Waals surface area contributed by atoms with Gasteiger partial charge >= 0.3 is 0 Å². The normalized spacial score (nSPS) is 10.9. The molecule has 12 nitrogen and oxygen atoms in total. The zero-order chi connectivity index (χ0) is 32.5. The Bertz CT molecular complexity index is 1760. The first-order chi connectivity index (χ1) is 22.4. The summed E-state index contributed by atoms with van der Waals surface area (Å²) in [5, 5.41) is 15.5. The molecule has 240 valence electrons. The van der Waals surface area contributed by atoms with Crippen molar-refractivity contribution in [1.29, 1.82) is 0 Å². The maximum atomic E-state index is 13.4. The van der Waals surface area contributed by atoms with Crippen LogP contribution in [0, 0.1) is 0 Å². The monoisotopic (exact) mass is 662 g/mol. The lowest BCUT2D eigenvalue weighted by atomic mass is 10.1. The summed E-state index contributed by atoms with van der Waals surface area (Å²) < 4.78 is 25.7. The van der Waals surface area contributed by atoms with E-state index in [1.54, 1.807) is 23.8 Å². The van der Waals surface area contributed by atoms with Crippen LogP contribution in [0.3, 0.4) is 0 Å². The Morgan fingerprint density at radius 3 is 2.28 bits per heavy atom. The number of hydrogen-bond acceptors (Lipinski definition) is 11. The number of thioether (sulfide) groups is 1. The Balaban J connectivity index is 1.36. The van der Waals surface area contributed by atoms with Crippen molar-refractivity contribution in [2.45, 2.75) is 32.5 Å². The van der Waals surface area contributed by atoms with E-state index in [1.165, 1.54) is 23.1 Å². The summed E-state index contributed by atoms with van der Waals surface area (Å²) >= 11 is 2.62. The number of ether oxygens (including phenoxy) is 4. The number of fused-ring (bicyclic) bond motifs is 1. The number of thiazole rings is 1. The van der Waals surface area contributed by atoms with Crippen LogP contribution in [0.2, 0.25) is 0 Å².